The van der Waals surface area contributed by atoms with Gasteiger partial charge in [-0.1, -0.05) is 0 Å². The smallest absolute Gasteiger partial charge is 0.353 e. The largest absolute Gasteiger partial charge is 0.508 e. The third kappa shape index (κ3) is 1.72. The molecule has 0 spiro atoms. The Morgan fingerprint density at radius 2 is 2.12 bits per heavy atom. The summed E-state index contributed by atoms with van der Waals surface area (Å²) in [6, 6.07) is 4.78. The van der Waals surface area contributed by atoms with Gasteiger partial charge >= 0.3 is 5.97 Å². The van der Waals surface area contributed by atoms with E-state index in [1.54, 1.807) is 0 Å². The molecule has 0 aliphatic rings. The van der Waals surface area contributed by atoms with Crippen LogP contribution in [0.2, 0.25) is 0 Å². The van der Waals surface area contributed by atoms with Crippen molar-refractivity contribution >= 4 is 5.97 Å². The number of carboxylic acid groups (broad SMARTS) is 1. The standard InChI is InChI=1S/C10H7FN2O3/c11-7-3-5(14)1-2-6(7)8-4-9(10(15)16)13-12-8/h1-4,14H,(H,12,13)(H,15,16). The van der Waals surface area contributed by atoms with Gasteiger partial charge in [0.1, 0.15) is 17.3 Å². The van der Waals surface area contributed by atoms with Crippen LogP contribution in [-0.4, -0.2) is 26.4 Å². The molecule has 0 bridgehead atoms. The van der Waals surface area contributed by atoms with Crippen molar-refractivity contribution in [2.45, 2.75) is 0 Å². The number of hydrogen-bond donors (Lipinski definition) is 3. The monoisotopic (exact) mass is 222 g/mol. The third-order valence-corrected chi connectivity index (χ3v) is 2.04. The van der Waals surface area contributed by atoms with E-state index in [1.165, 1.54) is 18.2 Å². The first kappa shape index (κ1) is 10.2. The fourth-order valence-corrected chi connectivity index (χ4v) is 1.28. The second-order valence-electron chi connectivity index (χ2n) is 3.14. The van der Waals surface area contributed by atoms with Gasteiger partial charge in [0.2, 0.25) is 0 Å². The van der Waals surface area contributed by atoms with Gasteiger partial charge in [-0.15, -0.1) is 0 Å². The second kappa shape index (κ2) is 3.65. The number of hydrogen-bond acceptors (Lipinski definition) is 3. The lowest BCUT2D eigenvalue weighted by Gasteiger charge is -1.98. The fraction of sp³-hybridized carbons (Fsp3) is 0. The highest BCUT2D eigenvalue weighted by Gasteiger charge is 2.12. The number of phenols is 1. The first-order chi connectivity index (χ1) is 7.58. The van der Waals surface area contributed by atoms with Gasteiger partial charge in [0, 0.05) is 11.6 Å². The van der Waals surface area contributed by atoms with Crippen molar-refractivity contribution in [3.8, 4) is 17.0 Å². The number of aromatic hydroxyl groups is 1. The van der Waals surface area contributed by atoms with Crippen molar-refractivity contribution in [2.75, 3.05) is 0 Å². The molecule has 1 aromatic carbocycles. The molecule has 0 aliphatic heterocycles. The van der Waals surface area contributed by atoms with Crippen LogP contribution in [0, 0.1) is 5.82 Å². The summed E-state index contributed by atoms with van der Waals surface area (Å²) in [5, 5.41) is 23.6. The number of nitrogens with one attached hydrogen (secondary N) is 1. The molecule has 16 heavy (non-hydrogen) atoms. The predicted molar refractivity (Wildman–Crippen MR) is 52.6 cm³/mol. The van der Waals surface area contributed by atoms with Gasteiger partial charge in [-0.2, -0.15) is 5.10 Å². The minimum absolute atomic E-state index is 0.123. The molecule has 0 saturated carbocycles. The Balaban J connectivity index is 2.46. The highest BCUT2D eigenvalue weighted by molar-refractivity contribution is 5.86. The van der Waals surface area contributed by atoms with Crippen LogP contribution in [0.1, 0.15) is 10.5 Å². The minimum atomic E-state index is -1.17. The first-order valence-electron chi connectivity index (χ1n) is 4.35. The van der Waals surface area contributed by atoms with Crippen LogP contribution >= 0.6 is 0 Å². The van der Waals surface area contributed by atoms with Crippen molar-refractivity contribution in [2.24, 2.45) is 0 Å². The number of carbonyl (C=O) groups is 1. The van der Waals surface area contributed by atoms with Crippen LogP contribution < -0.4 is 0 Å². The quantitative estimate of drug-likeness (QED) is 0.720. The fourth-order valence-electron chi connectivity index (χ4n) is 1.28. The maximum Gasteiger partial charge on any atom is 0.353 e. The van der Waals surface area contributed by atoms with Crippen LogP contribution in [0.4, 0.5) is 4.39 Å². The average Bonchev–Trinajstić information content (AvgIpc) is 2.66. The summed E-state index contributed by atoms with van der Waals surface area (Å²) in [6.45, 7) is 0. The van der Waals surface area contributed by atoms with Gasteiger partial charge in [0.05, 0.1) is 5.69 Å². The number of nitrogens with zero attached hydrogens (tertiary/aromatic N) is 1. The SMILES string of the molecule is O=C(O)c1cc(-c2ccc(O)cc2F)n[nH]1. The Morgan fingerprint density at radius 1 is 1.38 bits per heavy atom. The molecule has 82 valence electrons. The second-order valence-corrected chi connectivity index (χ2v) is 3.14. The Kier molecular flexibility index (Phi) is 2.32. The predicted octanol–water partition coefficient (Wildman–Crippen LogP) is 1.62. The zero-order chi connectivity index (χ0) is 11.7. The van der Waals surface area contributed by atoms with Crippen LogP contribution in [0.5, 0.6) is 5.75 Å². The summed E-state index contributed by atoms with van der Waals surface area (Å²) < 4.78 is 13.4. The average molecular weight is 222 g/mol. The number of halogens is 1. The van der Waals surface area contributed by atoms with E-state index in [2.05, 4.69) is 10.2 Å². The van der Waals surface area contributed by atoms with E-state index in [-0.39, 0.29) is 22.7 Å². The minimum Gasteiger partial charge on any atom is -0.508 e. The van der Waals surface area contributed by atoms with Gasteiger partial charge < -0.3 is 10.2 Å². The van der Waals surface area contributed by atoms with Crippen molar-refractivity contribution in [3.05, 3.63) is 35.8 Å². The normalized spacial score (nSPS) is 10.3. The van der Waals surface area contributed by atoms with E-state index < -0.39 is 11.8 Å². The van der Waals surface area contributed by atoms with Crippen LogP contribution in [0.15, 0.2) is 24.3 Å². The lowest BCUT2D eigenvalue weighted by molar-refractivity contribution is 0.0690. The van der Waals surface area contributed by atoms with Crippen molar-refractivity contribution in [1.82, 2.24) is 10.2 Å². The lowest BCUT2D eigenvalue weighted by atomic mass is 10.1. The van der Waals surface area contributed by atoms with Gasteiger partial charge in [-0.3, -0.25) is 5.10 Å². The molecule has 0 atom stereocenters. The summed E-state index contributed by atoms with van der Waals surface area (Å²) in [5.74, 6) is -2.03. The van der Waals surface area contributed by atoms with Gasteiger partial charge in [0.25, 0.3) is 0 Å². The molecule has 0 saturated heterocycles. The summed E-state index contributed by atoms with van der Waals surface area (Å²) >= 11 is 0. The molecule has 3 N–H and O–H groups in total. The van der Waals surface area contributed by atoms with Crippen molar-refractivity contribution in [1.29, 1.82) is 0 Å². The number of aromatic carboxylic acids is 1. The summed E-state index contributed by atoms with van der Waals surface area (Å²) in [7, 11) is 0. The van der Waals surface area contributed by atoms with Crippen molar-refractivity contribution < 1.29 is 19.4 Å². The summed E-state index contributed by atoms with van der Waals surface area (Å²) in [5.41, 5.74) is 0.180. The maximum absolute atomic E-state index is 13.4. The Hall–Kier alpha value is -2.37. The van der Waals surface area contributed by atoms with Gasteiger partial charge in [0.15, 0.2) is 0 Å². The highest BCUT2D eigenvalue weighted by atomic mass is 19.1. The molecule has 1 aromatic heterocycles. The van der Waals surface area contributed by atoms with Gasteiger partial charge in [-0.05, 0) is 18.2 Å². The maximum atomic E-state index is 13.4. The number of aromatic nitrogens is 2. The topological polar surface area (TPSA) is 86.2 Å². The molecule has 6 heteroatoms. The molecular weight excluding hydrogens is 215 g/mol. The molecule has 0 fully saturated rings. The number of aromatic amines is 1. The molecule has 0 radical (unpaired) electrons. The number of phenolic OH excluding ortho intramolecular Hbond substituents is 1. The van der Waals surface area contributed by atoms with E-state index in [9.17, 15) is 9.18 Å². The number of benzene rings is 1. The van der Waals surface area contributed by atoms with E-state index in [1.807, 2.05) is 0 Å². The summed E-state index contributed by atoms with van der Waals surface area (Å²) in [4.78, 5) is 10.6. The highest BCUT2D eigenvalue weighted by Crippen LogP contribution is 2.24. The lowest BCUT2D eigenvalue weighted by Crippen LogP contribution is -1.95. The zero-order valence-corrected chi connectivity index (χ0v) is 7.94. The van der Waals surface area contributed by atoms with E-state index in [0.717, 1.165) is 6.07 Å². The molecular formula is C10H7FN2O3. The van der Waals surface area contributed by atoms with E-state index >= 15 is 0 Å². The Morgan fingerprint density at radius 3 is 2.69 bits per heavy atom. The number of carboxylic acids is 1. The zero-order valence-electron chi connectivity index (χ0n) is 7.94. The van der Waals surface area contributed by atoms with Crippen LogP contribution in [0.25, 0.3) is 11.3 Å². The molecule has 2 aromatic rings. The first-order valence-corrected chi connectivity index (χ1v) is 4.35. The molecule has 0 aliphatic carbocycles. The van der Waals surface area contributed by atoms with Gasteiger partial charge in [-0.25, -0.2) is 9.18 Å². The van der Waals surface area contributed by atoms with Crippen molar-refractivity contribution in [3.63, 3.8) is 0 Å². The number of rotatable bonds is 2. The van der Waals surface area contributed by atoms with E-state index in [0.29, 0.717) is 0 Å². The third-order valence-electron chi connectivity index (χ3n) is 2.04. The van der Waals surface area contributed by atoms with E-state index in [4.69, 9.17) is 10.2 Å². The molecule has 0 unspecified atom stereocenters. The van der Waals surface area contributed by atoms with Crippen LogP contribution in [-0.2, 0) is 0 Å². The van der Waals surface area contributed by atoms with Crippen LogP contribution in [0.3, 0.4) is 0 Å². The molecule has 2 rings (SSSR count). The number of H-pyrrole nitrogens is 1. The molecule has 0 amide bonds. The Labute approximate surface area is 89.2 Å². The Bertz CT molecular complexity index is 551. The molecule has 5 nitrogen and oxygen atoms in total. The summed E-state index contributed by atoms with van der Waals surface area (Å²) in [6.07, 6.45) is 0. The molecule has 1 heterocycles.